The van der Waals surface area contributed by atoms with Crippen LogP contribution in [-0.4, -0.2) is 16.4 Å². The number of rotatable bonds is 4. The molecule has 0 fully saturated rings. The Kier molecular flexibility index (Phi) is 4.66. The summed E-state index contributed by atoms with van der Waals surface area (Å²) < 4.78 is 0. The molecule has 0 aliphatic carbocycles. The Balaban J connectivity index is 2.14. The Morgan fingerprint density at radius 1 is 1.48 bits per heavy atom. The number of aryl methyl sites for hydroxylation is 1. The van der Waals surface area contributed by atoms with Crippen LogP contribution in [0.2, 0.25) is 5.02 Å². The van der Waals surface area contributed by atoms with Crippen molar-refractivity contribution in [2.24, 2.45) is 5.73 Å². The smallest absolute Gasteiger partial charge is 0.245 e. The SMILES string of the molecule is Cc1nc(NC(=O)C(C)(C)N)sc1Cc1cccc(Cl)c1. The third-order valence-electron chi connectivity index (χ3n) is 2.95. The summed E-state index contributed by atoms with van der Waals surface area (Å²) >= 11 is 7.45. The molecule has 1 amide bonds. The van der Waals surface area contributed by atoms with Gasteiger partial charge in [-0.2, -0.15) is 0 Å². The van der Waals surface area contributed by atoms with Gasteiger partial charge in [0, 0.05) is 16.3 Å². The number of carbonyl (C=O) groups excluding carboxylic acids is 1. The molecule has 0 aliphatic heterocycles. The van der Waals surface area contributed by atoms with E-state index in [0.717, 1.165) is 22.6 Å². The van der Waals surface area contributed by atoms with Crippen LogP contribution < -0.4 is 11.1 Å². The average molecular weight is 324 g/mol. The van der Waals surface area contributed by atoms with Crippen molar-refractivity contribution in [1.29, 1.82) is 0 Å². The Hall–Kier alpha value is -1.43. The molecule has 2 aromatic rings. The topological polar surface area (TPSA) is 68.0 Å². The molecule has 2 rings (SSSR count). The number of anilines is 1. The van der Waals surface area contributed by atoms with Crippen LogP contribution in [0.3, 0.4) is 0 Å². The second-order valence-corrected chi connectivity index (χ2v) is 7.03. The van der Waals surface area contributed by atoms with Crippen LogP contribution in [-0.2, 0) is 11.2 Å². The number of halogens is 1. The molecule has 21 heavy (non-hydrogen) atoms. The maximum Gasteiger partial charge on any atom is 0.245 e. The Morgan fingerprint density at radius 3 is 2.81 bits per heavy atom. The quantitative estimate of drug-likeness (QED) is 0.906. The highest BCUT2D eigenvalue weighted by Gasteiger charge is 2.23. The lowest BCUT2D eigenvalue weighted by Gasteiger charge is -2.16. The molecule has 0 unspecified atom stereocenters. The van der Waals surface area contributed by atoms with Crippen LogP contribution in [0.1, 0.15) is 30.0 Å². The zero-order valence-electron chi connectivity index (χ0n) is 12.2. The van der Waals surface area contributed by atoms with E-state index in [1.165, 1.54) is 11.3 Å². The first-order valence-electron chi connectivity index (χ1n) is 6.57. The number of carbonyl (C=O) groups is 1. The van der Waals surface area contributed by atoms with E-state index in [0.29, 0.717) is 10.2 Å². The van der Waals surface area contributed by atoms with Crippen LogP contribution in [0.5, 0.6) is 0 Å². The van der Waals surface area contributed by atoms with E-state index in [1.54, 1.807) is 13.8 Å². The number of aromatic nitrogens is 1. The minimum absolute atomic E-state index is 0.245. The monoisotopic (exact) mass is 323 g/mol. The van der Waals surface area contributed by atoms with Gasteiger partial charge in [-0.3, -0.25) is 4.79 Å². The van der Waals surface area contributed by atoms with Gasteiger partial charge in [-0.15, -0.1) is 11.3 Å². The maximum atomic E-state index is 11.9. The summed E-state index contributed by atoms with van der Waals surface area (Å²) in [7, 11) is 0. The van der Waals surface area contributed by atoms with Crippen LogP contribution in [0.4, 0.5) is 5.13 Å². The second-order valence-electron chi connectivity index (χ2n) is 5.51. The number of nitrogens with two attached hydrogens (primary N) is 1. The summed E-state index contributed by atoms with van der Waals surface area (Å²) in [6, 6.07) is 7.72. The summed E-state index contributed by atoms with van der Waals surface area (Å²) in [5, 5.41) is 4.05. The second kappa shape index (κ2) is 6.13. The molecule has 0 radical (unpaired) electrons. The number of benzene rings is 1. The summed E-state index contributed by atoms with van der Waals surface area (Å²) in [6.07, 6.45) is 0.742. The molecule has 6 heteroatoms. The molecule has 0 bridgehead atoms. The molecule has 0 saturated heterocycles. The number of nitrogens with one attached hydrogen (secondary N) is 1. The van der Waals surface area contributed by atoms with E-state index in [1.807, 2.05) is 31.2 Å². The zero-order chi connectivity index (χ0) is 15.6. The predicted octanol–water partition coefficient (Wildman–Crippen LogP) is 3.37. The van der Waals surface area contributed by atoms with Gasteiger partial charge in [-0.1, -0.05) is 23.7 Å². The van der Waals surface area contributed by atoms with E-state index in [4.69, 9.17) is 17.3 Å². The molecule has 0 spiro atoms. The van der Waals surface area contributed by atoms with Crippen molar-refractivity contribution in [1.82, 2.24) is 4.98 Å². The van der Waals surface area contributed by atoms with E-state index < -0.39 is 5.54 Å². The lowest BCUT2D eigenvalue weighted by atomic mass is 10.1. The van der Waals surface area contributed by atoms with Crippen molar-refractivity contribution in [2.75, 3.05) is 5.32 Å². The molecule has 0 saturated carbocycles. The van der Waals surface area contributed by atoms with Crippen molar-refractivity contribution in [3.05, 3.63) is 45.4 Å². The van der Waals surface area contributed by atoms with Crippen molar-refractivity contribution < 1.29 is 4.79 Å². The van der Waals surface area contributed by atoms with E-state index >= 15 is 0 Å². The molecular formula is C15H18ClN3OS. The van der Waals surface area contributed by atoms with Gasteiger partial charge >= 0.3 is 0 Å². The van der Waals surface area contributed by atoms with Crippen molar-refractivity contribution in [3.8, 4) is 0 Å². The highest BCUT2D eigenvalue weighted by Crippen LogP contribution is 2.26. The molecule has 1 aromatic heterocycles. The van der Waals surface area contributed by atoms with Crippen LogP contribution >= 0.6 is 22.9 Å². The highest BCUT2D eigenvalue weighted by atomic mass is 35.5. The Labute approximate surface area is 133 Å². The van der Waals surface area contributed by atoms with Gasteiger partial charge in [0.15, 0.2) is 5.13 Å². The molecule has 1 heterocycles. The fourth-order valence-electron chi connectivity index (χ4n) is 1.74. The molecule has 3 N–H and O–H groups in total. The van der Waals surface area contributed by atoms with E-state index in [-0.39, 0.29) is 5.91 Å². The van der Waals surface area contributed by atoms with Crippen LogP contribution in [0, 0.1) is 6.92 Å². The minimum Gasteiger partial charge on any atom is -0.318 e. The van der Waals surface area contributed by atoms with Crippen LogP contribution in [0.15, 0.2) is 24.3 Å². The maximum absolute atomic E-state index is 11.9. The van der Waals surface area contributed by atoms with Gasteiger partial charge in [0.1, 0.15) is 0 Å². The van der Waals surface area contributed by atoms with Gasteiger partial charge in [-0.25, -0.2) is 4.98 Å². The van der Waals surface area contributed by atoms with Gasteiger partial charge in [0.2, 0.25) is 5.91 Å². The highest BCUT2D eigenvalue weighted by molar-refractivity contribution is 7.15. The number of amides is 1. The van der Waals surface area contributed by atoms with Crippen molar-refractivity contribution >= 4 is 34.0 Å². The number of hydrogen-bond donors (Lipinski definition) is 2. The molecule has 4 nitrogen and oxygen atoms in total. The lowest BCUT2D eigenvalue weighted by molar-refractivity contribution is -0.120. The molecule has 0 aliphatic rings. The first-order valence-corrected chi connectivity index (χ1v) is 7.76. The number of thiazole rings is 1. The largest absolute Gasteiger partial charge is 0.318 e. The predicted molar refractivity (Wildman–Crippen MR) is 88.0 cm³/mol. The Morgan fingerprint density at radius 2 is 2.19 bits per heavy atom. The average Bonchev–Trinajstić information content (AvgIpc) is 2.68. The lowest BCUT2D eigenvalue weighted by Crippen LogP contribution is -2.45. The fraction of sp³-hybridized carbons (Fsp3) is 0.333. The number of nitrogens with zero attached hydrogens (tertiary/aromatic N) is 1. The Bertz CT molecular complexity index is 661. The van der Waals surface area contributed by atoms with Gasteiger partial charge in [-0.05, 0) is 38.5 Å². The van der Waals surface area contributed by atoms with Gasteiger partial charge in [0.05, 0.1) is 11.2 Å². The van der Waals surface area contributed by atoms with Crippen molar-refractivity contribution in [2.45, 2.75) is 32.7 Å². The third-order valence-corrected chi connectivity index (χ3v) is 4.26. The molecule has 1 aromatic carbocycles. The van der Waals surface area contributed by atoms with Crippen molar-refractivity contribution in [3.63, 3.8) is 0 Å². The van der Waals surface area contributed by atoms with E-state index in [9.17, 15) is 4.79 Å². The standard InChI is InChI=1S/C15H18ClN3OS/c1-9-12(8-10-5-4-6-11(16)7-10)21-14(18-9)19-13(20)15(2,3)17/h4-7H,8,17H2,1-3H3,(H,18,19,20). The molecular weight excluding hydrogens is 306 g/mol. The molecule has 112 valence electrons. The fourth-order valence-corrected chi connectivity index (χ4v) is 2.94. The first-order chi connectivity index (χ1) is 9.75. The zero-order valence-corrected chi connectivity index (χ0v) is 13.8. The molecule has 0 atom stereocenters. The van der Waals surface area contributed by atoms with Gasteiger partial charge < -0.3 is 11.1 Å². The normalized spacial score (nSPS) is 11.5. The van der Waals surface area contributed by atoms with Crippen LogP contribution in [0.25, 0.3) is 0 Å². The van der Waals surface area contributed by atoms with E-state index in [2.05, 4.69) is 10.3 Å². The minimum atomic E-state index is -0.924. The third kappa shape index (κ3) is 4.27. The first kappa shape index (κ1) is 15.9. The summed E-state index contributed by atoms with van der Waals surface area (Å²) in [5.74, 6) is -0.245. The summed E-state index contributed by atoms with van der Waals surface area (Å²) in [4.78, 5) is 17.4. The summed E-state index contributed by atoms with van der Waals surface area (Å²) in [5.41, 5.74) is 6.86. The number of hydrogen-bond acceptors (Lipinski definition) is 4. The van der Waals surface area contributed by atoms with Gasteiger partial charge in [0.25, 0.3) is 0 Å². The summed E-state index contributed by atoms with van der Waals surface area (Å²) in [6.45, 7) is 5.25.